The number of amides is 2. The number of carbonyl (C=O) groups excluding carboxylic acids is 3. The van der Waals surface area contributed by atoms with E-state index in [1.54, 1.807) is 0 Å². The number of rotatable bonds is 6. The van der Waals surface area contributed by atoms with Crippen molar-refractivity contribution in [1.82, 2.24) is 5.06 Å². The highest BCUT2D eigenvalue weighted by atomic mass is 16.7. The Bertz CT molecular complexity index is 389. The first kappa shape index (κ1) is 14.9. The summed E-state index contributed by atoms with van der Waals surface area (Å²) in [6.07, 6.45) is -1.00. The lowest BCUT2D eigenvalue weighted by atomic mass is 10.2. The van der Waals surface area contributed by atoms with Gasteiger partial charge >= 0.3 is 5.97 Å². The SMILES string of the molecule is NC(N)=NCCCC(O)C(=O)ON1C(=O)CCC1=O. The maximum Gasteiger partial charge on any atom is 0.361 e. The van der Waals surface area contributed by atoms with E-state index < -0.39 is 23.9 Å². The van der Waals surface area contributed by atoms with Gasteiger partial charge in [-0.05, 0) is 12.8 Å². The average molecular weight is 272 g/mol. The summed E-state index contributed by atoms with van der Waals surface area (Å²) in [7, 11) is 0. The second-order valence-corrected chi connectivity index (χ2v) is 3.96. The Balaban J connectivity index is 2.34. The zero-order valence-corrected chi connectivity index (χ0v) is 10.2. The number of imide groups is 1. The Morgan fingerprint density at radius 2 is 1.95 bits per heavy atom. The minimum Gasteiger partial charge on any atom is -0.381 e. The van der Waals surface area contributed by atoms with Gasteiger partial charge in [-0.3, -0.25) is 14.6 Å². The number of aliphatic hydroxyl groups excluding tert-OH is 1. The molecule has 1 rings (SSSR count). The highest BCUT2D eigenvalue weighted by molar-refractivity contribution is 6.01. The molecule has 5 N–H and O–H groups in total. The summed E-state index contributed by atoms with van der Waals surface area (Å²) in [5.74, 6) is -2.31. The van der Waals surface area contributed by atoms with Gasteiger partial charge < -0.3 is 21.4 Å². The lowest BCUT2D eigenvalue weighted by molar-refractivity contribution is -0.203. The van der Waals surface area contributed by atoms with Crippen LogP contribution in [0.5, 0.6) is 0 Å². The number of carbonyl (C=O) groups is 3. The molecule has 0 bridgehead atoms. The molecule has 0 aliphatic carbocycles. The van der Waals surface area contributed by atoms with Crippen LogP contribution in [-0.4, -0.2) is 46.6 Å². The third-order valence-corrected chi connectivity index (χ3v) is 2.39. The second kappa shape index (κ2) is 6.69. The molecule has 9 heteroatoms. The lowest BCUT2D eigenvalue weighted by Gasteiger charge is -2.15. The van der Waals surface area contributed by atoms with E-state index in [0.717, 1.165) is 0 Å². The molecule has 0 spiro atoms. The first-order valence-electron chi connectivity index (χ1n) is 5.73. The van der Waals surface area contributed by atoms with Gasteiger partial charge in [-0.25, -0.2) is 4.79 Å². The summed E-state index contributed by atoms with van der Waals surface area (Å²) in [6.45, 7) is 0.258. The fourth-order valence-electron chi connectivity index (χ4n) is 1.42. The lowest BCUT2D eigenvalue weighted by Crippen LogP contribution is -2.36. The van der Waals surface area contributed by atoms with E-state index in [1.807, 2.05) is 0 Å². The van der Waals surface area contributed by atoms with E-state index in [-0.39, 0.29) is 31.8 Å². The van der Waals surface area contributed by atoms with Crippen molar-refractivity contribution in [3.05, 3.63) is 0 Å². The Morgan fingerprint density at radius 1 is 1.37 bits per heavy atom. The molecule has 1 saturated heterocycles. The Labute approximate surface area is 109 Å². The summed E-state index contributed by atoms with van der Waals surface area (Å²) in [5.41, 5.74) is 10.2. The maximum absolute atomic E-state index is 11.4. The largest absolute Gasteiger partial charge is 0.381 e. The number of hydroxylamine groups is 2. The van der Waals surface area contributed by atoms with Crippen LogP contribution in [0.4, 0.5) is 0 Å². The molecule has 1 fully saturated rings. The number of aliphatic imine (C=N–C) groups is 1. The predicted molar refractivity (Wildman–Crippen MR) is 63.1 cm³/mol. The van der Waals surface area contributed by atoms with Gasteiger partial charge in [0, 0.05) is 19.4 Å². The molecule has 1 aliphatic rings. The predicted octanol–water partition coefficient (Wildman–Crippen LogP) is -1.99. The molecule has 0 aromatic heterocycles. The average Bonchev–Trinajstić information content (AvgIpc) is 2.65. The van der Waals surface area contributed by atoms with Crippen LogP contribution in [0.1, 0.15) is 25.7 Å². The van der Waals surface area contributed by atoms with Crippen molar-refractivity contribution in [2.24, 2.45) is 16.5 Å². The number of aliphatic hydroxyl groups is 1. The van der Waals surface area contributed by atoms with E-state index in [1.165, 1.54) is 0 Å². The first-order valence-corrected chi connectivity index (χ1v) is 5.73. The van der Waals surface area contributed by atoms with Gasteiger partial charge in [0.1, 0.15) is 0 Å². The summed E-state index contributed by atoms with van der Waals surface area (Å²) in [5, 5.41) is 9.87. The van der Waals surface area contributed by atoms with Crippen LogP contribution in [0.3, 0.4) is 0 Å². The molecule has 9 nitrogen and oxygen atoms in total. The molecule has 0 aromatic carbocycles. The smallest absolute Gasteiger partial charge is 0.361 e. The molecule has 1 unspecified atom stereocenters. The minimum atomic E-state index is -1.43. The van der Waals surface area contributed by atoms with E-state index in [4.69, 9.17) is 11.5 Å². The van der Waals surface area contributed by atoms with Crippen LogP contribution in [0, 0.1) is 0 Å². The number of hydrogen-bond acceptors (Lipinski definition) is 6. The molecular weight excluding hydrogens is 256 g/mol. The van der Waals surface area contributed by atoms with Crippen LogP contribution in [0.25, 0.3) is 0 Å². The summed E-state index contributed by atoms with van der Waals surface area (Å²) in [4.78, 5) is 42.0. The van der Waals surface area contributed by atoms with E-state index >= 15 is 0 Å². The molecule has 2 amide bonds. The van der Waals surface area contributed by atoms with Crippen molar-refractivity contribution in [2.45, 2.75) is 31.8 Å². The van der Waals surface area contributed by atoms with Crippen molar-refractivity contribution < 1.29 is 24.3 Å². The summed E-state index contributed by atoms with van der Waals surface area (Å²) >= 11 is 0. The van der Waals surface area contributed by atoms with Crippen molar-refractivity contribution in [3.63, 3.8) is 0 Å². The van der Waals surface area contributed by atoms with Gasteiger partial charge in [-0.2, -0.15) is 0 Å². The zero-order valence-electron chi connectivity index (χ0n) is 10.2. The number of guanidine groups is 1. The summed E-state index contributed by atoms with van der Waals surface area (Å²) in [6, 6.07) is 0. The van der Waals surface area contributed by atoms with Crippen LogP contribution in [0.2, 0.25) is 0 Å². The standard InChI is InChI=1S/C10H16N4O5/c11-10(12)13-5-1-2-6(15)9(18)19-14-7(16)3-4-8(14)17/h6,15H,1-5H2,(H4,11,12,13). The van der Waals surface area contributed by atoms with Crippen molar-refractivity contribution in [3.8, 4) is 0 Å². The molecule has 106 valence electrons. The van der Waals surface area contributed by atoms with Crippen molar-refractivity contribution in [1.29, 1.82) is 0 Å². The normalized spacial score (nSPS) is 16.4. The Hall–Kier alpha value is -2.16. The van der Waals surface area contributed by atoms with Crippen LogP contribution < -0.4 is 11.5 Å². The Morgan fingerprint density at radius 3 is 2.47 bits per heavy atom. The molecule has 0 saturated carbocycles. The van der Waals surface area contributed by atoms with E-state index in [0.29, 0.717) is 11.5 Å². The Kier molecular flexibility index (Phi) is 5.24. The molecule has 0 aromatic rings. The quantitative estimate of drug-likeness (QED) is 0.219. The molecule has 0 radical (unpaired) electrons. The van der Waals surface area contributed by atoms with Crippen molar-refractivity contribution in [2.75, 3.05) is 6.54 Å². The van der Waals surface area contributed by atoms with E-state index in [9.17, 15) is 19.5 Å². The highest BCUT2D eigenvalue weighted by Crippen LogP contribution is 2.13. The third-order valence-electron chi connectivity index (χ3n) is 2.39. The number of nitrogens with zero attached hydrogens (tertiary/aromatic N) is 2. The van der Waals surface area contributed by atoms with Crippen LogP contribution in [-0.2, 0) is 19.2 Å². The third kappa shape index (κ3) is 4.54. The minimum absolute atomic E-state index is 0.00665. The molecule has 1 atom stereocenters. The van der Waals surface area contributed by atoms with Gasteiger partial charge in [0.15, 0.2) is 12.1 Å². The summed E-state index contributed by atoms with van der Waals surface area (Å²) < 4.78 is 0. The molecular formula is C10H16N4O5. The van der Waals surface area contributed by atoms with Crippen LogP contribution in [0.15, 0.2) is 4.99 Å². The second-order valence-electron chi connectivity index (χ2n) is 3.96. The van der Waals surface area contributed by atoms with Gasteiger partial charge in [0.05, 0.1) is 0 Å². The monoisotopic (exact) mass is 272 g/mol. The van der Waals surface area contributed by atoms with Crippen LogP contribution >= 0.6 is 0 Å². The van der Waals surface area contributed by atoms with Gasteiger partial charge in [-0.15, -0.1) is 5.06 Å². The topological polar surface area (TPSA) is 148 Å². The molecule has 1 aliphatic heterocycles. The maximum atomic E-state index is 11.4. The van der Waals surface area contributed by atoms with Gasteiger partial charge in [-0.1, -0.05) is 0 Å². The molecule has 1 heterocycles. The number of nitrogens with two attached hydrogens (primary N) is 2. The first-order chi connectivity index (χ1) is 8.91. The number of hydrogen-bond donors (Lipinski definition) is 3. The van der Waals surface area contributed by atoms with Gasteiger partial charge in [0.25, 0.3) is 11.8 Å². The highest BCUT2D eigenvalue weighted by Gasteiger charge is 2.34. The van der Waals surface area contributed by atoms with E-state index in [2.05, 4.69) is 9.83 Å². The van der Waals surface area contributed by atoms with Crippen molar-refractivity contribution >= 4 is 23.7 Å². The molecule has 19 heavy (non-hydrogen) atoms. The van der Waals surface area contributed by atoms with Gasteiger partial charge in [0.2, 0.25) is 0 Å². The fraction of sp³-hybridized carbons (Fsp3) is 0.600. The fourth-order valence-corrected chi connectivity index (χ4v) is 1.42. The zero-order chi connectivity index (χ0) is 14.4.